The van der Waals surface area contributed by atoms with Crippen LogP contribution in [0.4, 0.5) is 0 Å². The van der Waals surface area contributed by atoms with Crippen molar-refractivity contribution >= 4 is 40.0 Å². The average Bonchev–Trinajstić information content (AvgIpc) is 2.63. The minimum absolute atomic E-state index is 0. The fraction of sp³-hybridized carbons (Fsp3) is 0.650. The maximum absolute atomic E-state index is 12.3. The van der Waals surface area contributed by atoms with Gasteiger partial charge in [-0.05, 0) is 44.7 Å². The molecule has 1 saturated heterocycles. The summed E-state index contributed by atoms with van der Waals surface area (Å²) in [5.41, 5.74) is 1.76. The van der Waals surface area contributed by atoms with Crippen LogP contribution in [-0.2, 0) is 27.1 Å². The summed E-state index contributed by atoms with van der Waals surface area (Å²) in [5, 5.41) is 3.39. The molecule has 0 aliphatic carbocycles. The predicted molar refractivity (Wildman–Crippen MR) is 129 cm³/mol. The number of sulfonamides is 1. The standard InChI is InChI=1S/C20H34N4O3S.HI/c1-5-27-19-10-12-24(13-11-19)20(21-4)22-14-17-8-6-7-9-18(17)15-28(25,26)23-16(2)3;/h6-9,16,19,23H,5,10-15H2,1-4H3,(H,21,22);1H. The zero-order chi connectivity index (χ0) is 20.6. The van der Waals surface area contributed by atoms with E-state index in [9.17, 15) is 8.42 Å². The van der Waals surface area contributed by atoms with Crippen molar-refractivity contribution in [3.05, 3.63) is 35.4 Å². The Labute approximate surface area is 192 Å². The molecule has 0 spiro atoms. The van der Waals surface area contributed by atoms with Crippen LogP contribution in [0.3, 0.4) is 0 Å². The number of nitrogens with zero attached hydrogens (tertiary/aromatic N) is 2. The molecule has 1 heterocycles. The number of aliphatic imine (C=N–C) groups is 1. The topological polar surface area (TPSA) is 83.0 Å². The van der Waals surface area contributed by atoms with E-state index < -0.39 is 10.0 Å². The molecule has 2 rings (SSSR count). The van der Waals surface area contributed by atoms with Crippen molar-refractivity contribution in [1.29, 1.82) is 0 Å². The van der Waals surface area contributed by atoms with Crippen LogP contribution in [0.5, 0.6) is 0 Å². The molecule has 1 aliphatic heterocycles. The van der Waals surface area contributed by atoms with Gasteiger partial charge < -0.3 is 15.0 Å². The van der Waals surface area contributed by atoms with Crippen LogP contribution in [0.1, 0.15) is 44.7 Å². The van der Waals surface area contributed by atoms with Gasteiger partial charge in [0.25, 0.3) is 0 Å². The summed E-state index contributed by atoms with van der Waals surface area (Å²) in [6.07, 6.45) is 2.31. The number of rotatable bonds is 8. The van der Waals surface area contributed by atoms with E-state index in [0.717, 1.165) is 49.6 Å². The largest absolute Gasteiger partial charge is 0.378 e. The van der Waals surface area contributed by atoms with Crippen LogP contribution >= 0.6 is 24.0 Å². The van der Waals surface area contributed by atoms with Crippen LogP contribution < -0.4 is 10.0 Å². The second kappa shape index (κ2) is 12.7. The van der Waals surface area contributed by atoms with E-state index in [1.165, 1.54) is 0 Å². The smallest absolute Gasteiger partial charge is 0.216 e. The number of hydrogen-bond acceptors (Lipinski definition) is 4. The second-order valence-electron chi connectivity index (χ2n) is 7.34. The summed E-state index contributed by atoms with van der Waals surface area (Å²) < 4.78 is 33.0. The van der Waals surface area contributed by atoms with Gasteiger partial charge in [0.05, 0.1) is 11.9 Å². The van der Waals surface area contributed by atoms with Gasteiger partial charge in [-0.3, -0.25) is 4.99 Å². The van der Waals surface area contributed by atoms with Crippen LogP contribution in [0, 0.1) is 0 Å². The Morgan fingerprint density at radius 2 is 1.86 bits per heavy atom. The highest BCUT2D eigenvalue weighted by Gasteiger charge is 2.22. The molecule has 1 aromatic carbocycles. The minimum Gasteiger partial charge on any atom is -0.378 e. The van der Waals surface area contributed by atoms with Gasteiger partial charge in [-0.1, -0.05) is 24.3 Å². The SMILES string of the molecule is CCOC1CCN(C(=NC)NCc2ccccc2CS(=O)(=O)NC(C)C)CC1.I. The number of halogens is 1. The van der Waals surface area contributed by atoms with Crippen LogP contribution in [-0.4, -0.2) is 58.2 Å². The van der Waals surface area contributed by atoms with Gasteiger partial charge in [0.1, 0.15) is 0 Å². The lowest BCUT2D eigenvalue weighted by molar-refractivity contribution is 0.0263. The summed E-state index contributed by atoms with van der Waals surface area (Å²) in [4.78, 5) is 6.63. The van der Waals surface area contributed by atoms with Crippen LogP contribution in [0.15, 0.2) is 29.3 Å². The zero-order valence-corrected chi connectivity index (χ0v) is 21.0. The molecule has 0 bridgehead atoms. The molecule has 0 saturated carbocycles. The van der Waals surface area contributed by atoms with Gasteiger partial charge in [0.2, 0.25) is 10.0 Å². The molecule has 0 unspecified atom stereocenters. The van der Waals surface area contributed by atoms with Crippen molar-refractivity contribution in [3.8, 4) is 0 Å². The fourth-order valence-electron chi connectivity index (χ4n) is 3.45. The molecule has 0 amide bonds. The van der Waals surface area contributed by atoms with Crippen molar-refractivity contribution in [3.63, 3.8) is 0 Å². The number of ether oxygens (including phenoxy) is 1. The molecular weight excluding hydrogens is 503 g/mol. The van der Waals surface area contributed by atoms with Crippen LogP contribution in [0.2, 0.25) is 0 Å². The monoisotopic (exact) mass is 538 g/mol. The number of piperidine rings is 1. The normalized spacial score (nSPS) is 16.0. The third kappa shape index (κ3) is 8.77. The Kier molecular flexibility index (Phi) is 11.4. The minimum atomic E-state index is -3.36. The fourth-order valence-corrected chi connectivity index (χ4v) is 4.95. The van der Waals surface area contributed by atoms with Gasteiger partial charge in [-0.15, -0.1) is 24.0 Å². The number of benzene rings is 1. The third-order valence-corrected chi connectivity index (χ3v) is 6.19. The Hall–Kier alpha value is -0.910. The lowest BCUT2D eigenvalue weighted by Gasteiger charge is -2.34. The number of likely N-dealkylation sites (tertiary alicyclic amines) is 1. The van der Waals surface area contributed by atoms with Crippen LogP contribution in [0.25, 0.3) is 0 Å². The summed E-state index contributed by atoms with van der Waals surface area (Å²) in [6, 6.07) is 7.51. The molecule has 29 heavy (non-hydrogen) atoms. The van der Waals surface area contributed by atoms with Gasteiger partial charge >= 0.3 is 0 Å². The average molecular weight is 538 g/mol. The highest BCUT2D eigenvalue weighted by atomic mass is 127. The van der Waals surface area contributed by atoms with E-state index in [2.05, 4.69) is 19.9 Å². The quantitative estimate of drug-likeness (QED) is 0.302. The number of hydrogen-bond donors (Lipinski definition) is 2. The van der Waals surface area contributed by atoms with Crippen molar-refractivity contribution in [2.45, 2.75) is 58.1 Å². The van der Waals surface area contributed by atoms with Gasteiger partial charge in [-0.2, -0.15) is 0 Å². The van der Waals surface area contributed by atoms with E-state index in [4.69, 9.17) is 4.74 Å². The molecule has 1 aromatic rings. The zero-order valence-electron chi connectivity index (χ0n) is 17.8. The Morgan fingerprint density at radius 3 is 2.41 bits per heavy atom. The van der Waals surface area contributed by atoms with Crippen molar-refractivity contribution < 1.29 is 13.2 Å². The number of nitrogens with one attached hydrogen (secondary N) is 2. The first kappa shape index (κ1) is 26.1. The maximum Gasteiger partial charge on any atom is 0.216 e. The van der Waals surface area contributed by atoms with Crippen molar-refractivity contribution in [2.24, 2.45) is 4.99 Å². The molecule has 1 fully saturated rings. The van der Waals surface area contributed by atoms with E-state index >= 15 is 0 Å². The van der Waals surface area contributed by atoms with Crippen molar-refractivity contribution in [1.82, 2.24) is 14.9 Å². The van der Waals surface area contributed by atoms with Gasteiger partial charge in [0, 0.05) is 39.3 Å². The molecule has 0 radical (unpaired) electrons. The highest BCUT2D eigenvalue weighted by molar-refractivity contribution is 14.0. The third-order valence-electron chi connectivity index (χ3n) is 4.67. The first-order chi connectivity index (χ1) is 13.3. The summed E-state index contributed by atoms with van der Waals surface area (Å²) in [6.45, 7) is 8.76. The molecule has 0 aromatic heterocycles. The van der Waals surface area contributed by atoms with Gasteiger partial charge in [-0.25, -0.2) is 13.1 Å². The summed E-state index contributed by atoms with van der Waals surface area (Å²) in [7, 11) is -1.59. The molecule has 2 N–H and O–H groups in total. The molecule has 0 atom stereocenters. The molecule has 9 heteroatoms. The lowest BCUT2D eigenvalue weighted by Crippen LogP contribution is -2.46. The van der Waals surface area contributed by atoms with E-state index in [1.807, 2.05) is 45.0 Å². The molecule has 166 valence electrons. The first-order valence-electron chi connectivity index (χ1n) is 9.98. The molecular formula is C20H35IN4O3S. The summed E-state index contributed by atoms with van der Waals surface area (Å²) >= 11 is 0. The van der Waals surface area contributed by atoms with E-state index in [0.29, 0.717) is 12.6 Å². The Morgan fingerprint density at radius 1 is 1.24 bits per heavy atom. The maximum atomic E-state index is 12.3. The highest BCUT2D eigenvalue weighted by Crippen LogP contribution is 2.15. The molecule has 7 nitrogen and oxygen atoms in total. The Bertz CT molecular complexity index is 748. The van der Waals surface area contributed by atoms with E-state index in [-0.39, 0.29) is 35.8 Å². The predicted octanol–water partition coefficient (Wildman–Crippen LogP) is 2.71. The lowest BCUT2D eigenvalue weighted by atomic mass is 10.1. The second-order valence-corrected chi connectivity index (χ2v) is 9.10. The van der Waals surface area contributed by atoms with Crippen molar-refractivity contribution in [2.75, 3.05) is 26.7 Å². The Balaban J connectivity index is 0.00000420. The summed E-state index contributed by atoms with van der Waals surface area (Å²) in [5.74, 6) is 0.814. The number of guanidine groups is 1. The van der Waals surface area contributed by atoms with Gasteiger partial charge in [0.15, 0.2) is 5.96 Å². The first-order valence-corrected chi connectivity index (χ1v) is 11.6. The molecule has 1 aliphatic rings. The van der Waals surface area contributed by atoms with E-state index in [1.54, 1.807) is 7.05 Å².